The van der Waals surface area contributed by atoms with E-state index in [1.807, 2.05) is 66.7 Å². The van der Waals surface area contributed by atoms with Gasteiger partial charge in [-0.3, -0.25) is 0 Å². The Labute approximate surface area is 287 Å². The van der Waals surface area contributed by atoms with E-state index in [4.69, 9.17) is 19.4 Å². The number of para-hydroxylation sites is 2. The molecule has 3 aromatic heterocycles. The SMILES string of the molecule is c1ccc(-c2nc(-c3ccccc3)nc(-c3ccc(-c4cccc5oc6cc(-n7c8ccccc8c8ccccc87)ccc6c45)cc3)n2)cc1. The van der Waals surface area contributed by atoms with Gasteiger partial charge in [-0.25, -0.2) is 15.0 Å². The number of nitrogens with zero attached hydrogens (tertiary/aromatic N) is 4. The Kier molecular flexibility index (Phi) is 6.42. The van der Waals surface area contributed by atoms with Crippen molar-refractivity contribution in [3.05, 3.63) is 170 Å². The molecule has 0 fully saturated rings. The van der Waals surface area contributed by atoms with E-state index in [-0.39, 0.29) is 0 Å². The number of benzene rings is 7. The summed E-state index contributed by atoms with van der Waals surface area (Å²) in [5.41, 5.74) is 10.2. The average molecular weight is 641 g/mol. The van der Waals surface area contributed by atoms with Crippen molar-refractivity contribution in [1.29, 1.82) is 0 Å². The first-order valence-electron chi connectivity index (χ1n) is 16.7. The van der Waals surface area contributed by atoms with E-state index >= 15 is 0 Å². The molecule has 0 aliphatic rings. The molecule has 0 atom stereocenters. The summed E-state index contributed by atoms with van der Waals surface area (Å²) in [5, 5.41) is 4.66. The van der Waals surface area contributed by atoms with Gasteiger partial charge in [0.05, 0.1) is 11.0 Å². The maximum atomic E-state index is 6.54. The fourth-order valence-electron chi connectivity index (χ4n) is 7.13. The van der Waals surface area contributed by atoms with Gasteiger partial charge in [0.1, 0.15) is 11.2 Å². The molecular weight excluding hydrogens is 613 g/mol. The van der Waals surface area contributed by atoms with Crippen molar-refractivity contribution in [1.82, 2.24) is 19.5 Å². The third-order valence-corrected chi connectivity index (χ3v) is 9.47. The second-order valence-corrected chi connectivity index (χ2v) is 12.4. The summed E-state index contributed by atoms with van der Waals surface area (Å²) >= 11 is 0. The number of furan rings is 1. The number of rotatable bonds is 5. The molecule has 50 heavy (non-hydrogen) atoms. The van der Waals surface area contributed by atoms with Gasteiger partial charge in [0.25, 0.3) is 0 Å². The molecule has 0 aliphatic carbocycles. The smallest absolute Gasteiger partial charge is 0.164 e. The van der Waals surface area contributed by atoms with Gasteiger partial charge < -0.3 is 8.98 Å². The zero-order valence-electron chi connectivity index (χ0n) is 26.9. The van der Waals surface area contributed by atoms with Crippen LogP contribution in [0.4, 0.5) is 0 Å². The summed E-state index contributed by atoms with van der Waals surface area (Å²) in [6.45, 7) is 0. The summed E-state index contributed by atoms with van der Waals surface area (Å²) in [6.07, 6.45) is 0. The highest BCUT2D eigenvalue weighted by Crippen LogP contribution is 2.39. The topological polar surface area (TPSA) is 56.7 Å². The van der Waals surface area contributed by atoms with Gasteiger partial charge in [-0.1, -0.05) is 133 Å². The van der Waals surface area contributed by atoms with Crippen LogP contribution in [0.1, 0.15) is 0 Å². The largest absolute Gasteiger partial charge is 0.456 e. The van der Waals surface area contributed by atoms with Crippen molar-refractivity contribution in [2.75, 3.05) is 0 Å². The molecule has 0 aliphatic heterocycles. The Hall–Kier alpha value is -6.85. The second kappa shape index (κ2) is 11.4. The van der Waals surface area contributed by atoms with Crippen LogP contribution in [0.15, 0.2) is 174 Å². The molecule has 10 rings (SSSR count). The van der Waals surface area contributed by atoms with E-state index in [0.717, 1.165) is 55.4 Å². The summed E-state index contributed by atoms with van der Waals surface area (Å²) < 4.78 is 8.86. The van der Waals surface area contributed by atoms with E-state index in [0.29, 0.717) is 17.5 Å². The normalized spacial score (nSPS) is 11.6. The molecule has 0 saturated heterocycles. The highest BCUT2D eigenvalue weighted by atomic mass is 16.3. The van der Waals surface area contributed by atoms with E-state index in [2.05, 4.69) is 108 Å². The van der Waals surface area contributed by atoms with Crippen molar-refractivity contribution in [2.24, 2.45) is 0 Å². The Bertz CT molecular complexity index is 2740. The molecule has 234 valence electrons. The highest BCUT2D eigenvalue weighted by molar-refractivity contribution is 6.13. The number of hydrogen-bond donors (Lipinski definition) is 0. The van der Waals surface area contributed by atoms with Crippen molar-refractivity contribution in [2.45, 2.75) is 0 Å². The molecule has 0 amide bonds. The van der Waals surface area contributed by atoms with Crippen LogP contribution in [-0.4, -0.2) is 19.5 Å². The minimum Gasteiger partial charge on any atom is -0.456 e. The van der Waals surface area contributed by atoms with Crippen LogP contribution < -0.4 is 0 Å². The molecule has 0 unspecified atom stereocenters. The van der Waals surface area contributed by atoms with Gasteiger partial charge in [0.2, 0.25) is 0 Å². The molecule has 5 heteroatoms. The monoisotopic (exact) mass is 640 g/mol. The lowest BCUT2D eigenvalue weighted by Gasteiger charge is -2.09. The van der Waals surface area contributed by atoms with Gasteiger partial charge >= 0.3 is 0 Å². The van der Waals surface area contributed by atoms with E-state index in [1.54, 1.807) is 0 Å². The van der Waals surface area contributed by atoms with Gasteiger partial charge in [0.15, 0.2) is 17.5 Å². The summed E-state index contributed by atoms with van der Waals surface area (Å²) in [7, 11) is 0. The lowest BCUT2D eigenvalue weighted by atomic mass is 9.98. The molecule has 3 heterocycles. The molecule has 0 radical (unpaired) electrons. The van der Waals surface area contributed by atoms with Gasteiger partial charge in [-0.2, -0.15) is 0 Å². The maximum Gasteiger partial charge on any atom is 0.164 e. The minimum absolute atomic E-state index is 0.633. The first-order valence-corrected chi connectivity index (χ1v) is 16.7. The molecule has 0 saturated carbocycles. The predicted molar refractivity (Wildman–Crippen MR) is 203 cm³/mol. The van der Waals surface area contributed by atoms with E-state index < -0.39 is 0 Å². The zero-order valence-corrected chi connectivity index (χ0v) is 26.9. The lowest BCUT2D eigenvalue weighted by Crippen LogP contribution is -2.00. The lowest BCUT2D eigenvalue weighted by molar-refractivity contribution is 0.668. The van der Waals surface area contributed by atoms with Crippen LogP contribution in [0.3, 0.4) is 0 Å². The summed E-state index contributed by atoms with van der Waals surface area (Å²) in [5.74, 6) is 1.93. The van der Waals surface area contributed by atoms with Crippen molar-refractivity contribution in [3.63, 3.8) is 0 Å². The molecule has 5 nitrogen and oxygen atoms in total. The van der Waals surface area contributed by atoms with Gasteiger partial charge in [0, 0.05) is 50.0 Å². The summed E-state index contributed by atoms with van der Waals surface area (Å²) in [6, 6.07) is 58.6. The quantitative estimate of drug-likeness (QED) is 0.188. The first-order chi connectivity index (χ1) is 24.8. The Morgan fingerprint density at radius 2 is 0.900 bits per heavy atom. The molecule has 7 aromatic carbocycles. The molecule has 0 spiro atoms. The Morgan fingerprint density at radius 3 is 1.50 bits per heavy atom. The van der Waals surface area contributed by atoms with Crippen molar-refractivity contribution in [3.8, 4) is 51.0 Å². The van der Waals surface area contributed by atoms with Crippen molar-refractivity contribution < 1.29 is 4.42 Å². The fraction of sp³-hybridized carbons (Fsp3) is 0. The van der Waals surface area contributed by atoms with Crippen LogP contribution in [0.5, 0.6) is 0 Å². The summed E-state index contributed by atoms with van der Waals surface area (Å²) in [4.78, 5) is 14.7. The predicted octanol–water partition coefficient (Wildman–Crippen LogP) is 11.5. The molecule has 10 aromatic rings. The second-order valence-electron chi connectivity index (χ2n) is 12.4. The number of fused-ring (bicyclic) bond motifs is 6. The van der Waals surface area contributed by atoms with Gasteiger partial charge in [-0.15, -0.1) is 0 Å². The van der Waals surface area contributed by atoms with E-state index in [1.165, 1.54) is 21.8 Å². The van der Waals surface area contributed by atoms with Crippen LogP contribution in [0.2, 0.25) is 0 Å². The van der Waals surface area contributed by atoms with Crippen LogP contribution in [0.25, 0.3) is 94.7 Å². The number of hydrogen-bond acceptors (Lipinski definition) is 4. The van der Waals surface area contributed by atoms with Gasteiger partial charge in [-0.05, 0) is 41.5 Å². The van der Waals surface area contributed by atoms with Crippen molar-refractivity contribution >= 4 is 43.7 Å². The standard InChI is InChI=1S/C45H28N4O/c1-3-12-30(13-4-1)43-46-44(31-14-5-2-6-15-31)48-45(47-43)32-24-22-29(23-25-32)34-18-11-21-40-42(34)37-27-26-33(28-41(37)50-40)49-38-19-9-7-16-35(38)36-17-8-10-20-39(36)49/h1-28H. The third kappa shape index (κ3) is 4.60. The highest BCUT2D eigenvalue weighted by Gasteiger charge is 2.17. The fourth-order valence-corrected chi connectivity index (χ4v) is 7.13. The van der Waals surface area contributed by atoms with Crippen LogP contribution in [-0.2, 0) is 0 Å². The Balaban J connectivity index is 1.07. The third-order valence-electron chi connectivity index (χ3n) is 9.47. The first kappa shape index (κ1) is 28.2. The minimum atomic E-state index is 0.633. The maximum absolute atomic E-state index is 6.54. The average Bonchev–Trinajstić information content (AvgIpc) is 3.74. The number of aromatic nitrogens is 4. The van der Waals surface area contributed by atoms with E-state index in [9.17, 15) is 0 Å². The molecule has 0 bridgehead atoms. The molecule has 0 N–H and O–H groups in total. The van der Waals surface area contributed by atoms with Crippen LogP contribution in [0, 0.1) is 0 Å². The van der Waals surface area contributed by atoms with Crippen LogP contribution >= 0.6 is 0 Å². The zero-order chi connectivity index (χ0) is 33.0. The Morgan fingerprint density at radius 1 is 0.380 bits per heavy atom. The molecular formula is C45H28N4O.